The van der Waals surface area contributed by atoms with Gasteiger partial charge in [0.25, 0.3) is 0 Å². The number of carbonyl (C=O) groups is 1. The second-order valence-corrected chi connectivity index (χ2v) is 7.77. The summed E-state index contributed by atoms with van der Waals surface area (Å²) in [6, 6.07) is 10.4. The molecule has 0 spiro atoms. The van der Waals surface area contributed by atoms with Crippen LogP contribution in [0, 0.1) is 0 Å². The van der Waals surface area contributed by atoms with Gasteiger partial charge < -0.3 is 18.0 Å². The lowest BCUT2D eigenvalue weighted by molar-refractivity contribution is -0.134. The van der Waals surface area contributed by atoms with Crippen LogP contribution in [0.2, 0.25) is 6.04 Å². The fraction of sp³-hybridized carbons (Fsp3) is 0.500. The third kappa shape index (κ3) is 6.57. The summed E-state index contributed by atoms with van der Waals surface area (Å²) in [5.41, 5.74) is 1.87. The minimum Gasteiger partial charge on any atom is -0.466 e. The first kappa shape index (κ1) is 20.6. The van der Waals surface area contributed by atoms with Gasteiger partial charge in [-0.25, -0.2) is 4.79 Å². The fourth-order valence-corrected chi connectivity index (χ4v) is 5.02. The van der Waals surface area contributed by atoms with E-state index >= 15 is 0 Å². The molecule has 0 fully saturated rings. The number of esters is 1. The van der Waals surface area contributed by atoms with Gasteiger partial charge in [0.1, 0.15) is 0 Å². The van der Waals surface area contributed by atoms with Crippen LogP contribution in [-0.2, 0) is 22.8 Å². The zero-order chi connectivity index (χ0) is 17.8. The zero-order valence-electron chi connectivity index (χ0n) is 15.0. The van der Waals surface area contributed by atoms with E-state index in [1.807, 2.05) is 51.1 Å². The largest absolute Gasteiger partial charge is 0.501 e. The topological polar surface area (TPSA) is 54.0 Å². The number of benzene rings is 1. The first-order valence-electron chi connectivity index (χ1n) is 8.36. The molecular formula is C18H28O5Si. The molecule has 6 heteroatoms. The molecule has 24 heavy (non-hydrogen) atoms. The first-order valence-corrected chi connectivity index (χ1v) is 10.3. The Labute approximate surface area is 145 Å². The van der Waals surface area contributed by atoms with Gasteiger partial charge in [-0.05, 0) is 38.3 Å². The van der Waals surface area contributed by atoms with E-state index in [9.17, 15) is 4.79 Å². The van der Waals surface area contributed by atoms with Gasteiger partial charge in [0.2, 0.25) is 0 Å². The molecule has 0 aliphatic heterocycles. The van der Waals surface area contributed by atoms with Crippen molar-refractivity contribution in [3.05, 3.63) is 42.0 Å². The molecular weight excluding hydrogens is 324 g/mol. The predicted octanol–water partition coefficient (Wildman–Crippen LogP) is 3.68. The van der Waals surface area contributed by atoms with Crippen LogP contribution in [0.15, 0.2) is 36.4 Å². The number of carbonyl (C=O) groups excluding carboxylic acids is 1. The standard InChI is InChI=1S/C18H28O5Si/c1-5-21-24(22-6-2,23-7-3)14-13-17(15-18(19)20-4)16-11-9-8-10-12-16/h8-12,15H,5-7,13-14H2,1-4H3/b17-15-. The van der Waals surface area contributed by atoms with Crippen molar-refractivity contribution in [1.82, 2.24) is 0 Å². The zero-order valence-corrected chi connectivity index (χ0v) is 16.0. The predicted molar refractivity (Wildman–Crippen MR) is 96.5 cm³/mol. The van der Waals surface area contributed by atoms with Crippen molar-refractivity contribution in [3.8, 4) is 0 Å². The second kappa shape index (κ2) is 11.1. The molecule has 0 amide bonds. The molecule has 0 N–H and O–H groups in total. The van der Waals surface area contributed by atoms with Crippen molar-refractivity contribution >= 4 is 20.3 Å². The van der Waals surface area contributed by atoms with Crippen LogP contribution < -0.4 is 0 Å². The van der Waals surface area contributed by atoms with Crippen LogP contribution in [0.25, 0.3) is 5.57 Å². The normalized spacial score (nSPS) is 12.2. The number of allylic oxidation sites excluding steroid dienone is 1. The average molecular weight is 353 g/mol. The van der Waals surface area contributed by atoms with Crippen LogP contribution in [0.4, 0.5) is 0 Å². The molecule has 0 radical (unpaired) electrons. The van der Waals surface area contributed by atoms with Gasteiger partial charge in [0.15, 0.2) is 0 Å². The Bertz CT molecular complexity index is 498. The van der Waals surface area contributed by atoms with Crippen molar-refractivity contribution in [3.63, 3.8) is 0 Å². The van der Waals surface area contributed by atoms with E-state index < -0.39 is 8.80 Å². The molecule has 1 rings (SSSR count). The maximum atomic E-state index is 11.7. The molecule has 1 aromatic rings. The van der Waals surface area contributed by atoms with E-state index in [0.29, 0.717) is 32.3 Å². The molecule has 5 nitrogen and oxygen atoms in total. The number of ether oxygens (including phenoxy) is 1. The van der Waals surface area contributed by atoms with Crippen molar-refractivity contribution < 1.29 is 22.8 Å². The summed E-state index contributed by atoms with van der Waals surface area (Å²) in [7, 11) is -1.37. The molecule has 0 aromatic heterocycles. The van der Waals surface area contributed by atoms with Gasteiger partial charge in [0.05, 0.1) is 7.11 Å². The Morgan fingerprint density at radius 1 is 1.00 bits per heavy atom. The van der Waals surface area contributed by atoms with E-state index in [-0.39, 0.29) is 5.97 Å². The summed E-state index contributed by atoms with van der Waals surface area (Å²) < 4.78 is 22.4. The molecule has 0 saturated carbocycles. The van der Waals surface area contributed by atoms with E-state index in [1.54, 1.807) is 0 Å². The highest BCUT2D eigenvalue weighted by molar-refractivity contribution is 6.60. The number of methoxy groups -OCH3 is 1. The van der Waals surface area contributed by atoms with Gasteiger partial charge >= 0.3 is 14.8 Å². The van der Waals surface area contributed by atoms with Crippen molar-refractivity contribution in [2.24, 2.45) is 0 Å². The van der Waals surface area contributed by atoms with E-state index in [2.05, 4.69) is 0 Å². The number of rotatable bonds is 11. The summed E-state index contributed by atoms with van der Waals surface area (Å²) in [6.07, 6.45) is 2.14. The molecule has 0 heterocycles. The SMILES string of the molecule is CCO[Si](CC/C(=C/C(=O)OC)c1ccccc1)(OCC)OCC. The molecule has 0 saturated heterocycles. The summed E-state index contributed by atoms with van der Waals surface area (Å²) in [4.78, 5) is 11.7. The number of hydrogen-bond donors (Lipinski definition) is 0. The monoisotopic (exact) mass is 352 g/mol. The maximum absolute atomic E-state index is 11.7. The molecule has 134 valence electrons. The summed E-state index contributed by atoms with van der Waals surface area (Å²) in [6.45, 7) is 7.40. The molecule has 0 aliphatic rings. The third-order valence-electron chi connectivity index (χ3n) is 3.43. The molecule has 0 bridgehead atoms. The highest BCUT2D eigenvalue weighted by Gasteiger charge is 2.40. The van der Waals surface area contributed by atoms with Crippen molar-refractivity contribution in [2.75, 3.05) is 26.9 Å². The van der Waals surface area contributed by atoms with E-state index in [1.165, 1.54) is 13.2 Å². The van der Waals surface area contributed by atoms with Crippen LogP contribution in [0.5, 0.6) is 0 Å². The van der Waals surface area contributed by atoms with E-state index in [4.69, 9.17) is 18.0 Å². The first-order chi connectivity index (χ1) is 11.6. The van der Waals surface area contributed by atoms with Gasteiger partial charge in [-0.15, -0.1) is 0 Å². The Morgan fingerprint density at radius 2 is 1.54 bits per heavy atom. The van der Waals surface area contributed by atoms with Crippen LogP contribution in [0.1, 0.15) is 32.8 Å². The van der Waals surface area contributed by atoms with Crippen LogP contribution >= 0.6 is 0 Å². The third-order valence-corrected chi connectivity index (χ3v) is 6.48. The lowest BCUT2D eigenvalue weighted by Gasteiger charge is -2.28. The lowest BCUT2D eigenvalue weighted by atomic mass is 10.0. The number of hydrogen-bond acceptors (Lipinski definition) is 5. The van der Waals surface area contributed by atoms with Gasteiger partial charge in [-0.2, -0.15) is 0 Å². The van der Waals surface area contributed by atoms with E-state index in [0.717, 1.165) is 11.1 Å². The highest BCUT2D eigenvalue weighted by Crippen LogP contribution is 2.26. The van der Waals surface area contributed by atoms with Gasteiger partial charge in [0, 0.05) is 31.9 Å². The van der Waals surface area contributed by atoms with Gasteiger partial charge in [-0.1, -0.05) is 30.3 Å². The quantitative estimate of drug-likeness (QED) is 0.345. The Balaban J connectivity index is 2.99. The van der Waals surface area contributed by atoms with Crippen LogP contribution in [0.3, 0.4) is 0 Å². The average Bonchev–Trinajstić information content (AvgIpc) is 2.60. The summed E-state index contributed by atoms with van der Waals surface area (Å²) in [5, 5.41) is 0. The minimum absolute atomic E-state index is 0.370. The molecule has 0 atom stereocenters. The minimum atomic E-state index is -2.75. The highest BCUT2D eigenvalue weighted by atomic mass is 28.4. The maximum Gasteiger partial charge on any atom is 0.501 e. The van der Waals surface area contributed by atoms with Crippen LogP contribution in [-0.4, -0.2) is 41.7 Å². The second-order valence-electron chi connectivity index (χ2n) is 5.04. The molecule has 0 unspecified atom stereocenters. The molecule has 0 aliphatic carbocycles. The molecule has 1 aromatic carbocycles. The Hall–Kier alpha value is -1.47. The van der Waals surface area contributed by atoms with Crippen molar-refractivity contribution in [2.45, 2.75) is 33.2 Å². The Kier molecular flexibility index (Phi) is 9.55. The Morgan fingerprint density at radius 3 is 2.00 bits per heavy atom. The smallest absolute Gasteiger partial charge is 0.466 e. The van der Waals surface area contributed by atoms with Crippen molar-refractivity contribution in [1.29, 1.82) is 0 Å². The summed E-state index contributed by atoms with van der Waals surface area (Å²) in [5.74, 6) is -0.370. The lowest BCUT2D eigenvalue weighted by Crippen LogP contribution is -2.45. The fourth-order valence-electron chi connectivity index (χ4n) is 2.44. The van der Waals surface area contributed by atoms with Gasteiger partial charge in [-0.3, -0.25) is 0 Å². The summed E-state index contributed by atoms with van der Waals surface area (Å²) >= 11 is 0.